The number of hydrogen-bond donors (Lipinski definition) is 0. The molecule has 0 unspecified atom stereocenters. The molecule has 56 valence electrons. The lowest BCUT2D eigenvalue weighted by Gasteiger charge is -2.24. The van der Waals surface area contributed by atoms with E-state index in [1.807, 2.05) is 29.3 Å². The molecule has 0 aromatic rings. The van der Waals surface area contributed by atoms with Crippen molar-refractivity contribution in [1.29, 1.82) is 0 Å². The second-order valence-corrected chi connectivity index (χ2v) is 2.51. The van der Waals surface area contributed by atoms with Gasteiger partial charge >= 0.3 is 0 Å². The van der Waals surface area contributed by atoms with Gasteiger partial charge in [0.05, 0.1) is 0 Å². The Kier molecular flexibility index (Phi) is 1.35. The Morgan fingerprint density at radius 2 is 2.36 bits per heavy atom. The van der Waals surface area contributed by atoms with Crippen LogP contribution in [0.5, 0.6) is 0 Å². The van der Waals surface area contributed by atoms with E-state index in [2.05, 4.69) is 4.99 Å². The number of allylic oxidation sites excluding steroid dienone is 2. The molecule has 3 nitrogen and oxygen atoms in total. The van der Waals surface area contributed by atoms with Crippen LogP contribution in [-0.2, 0) is 4.79 Å². The van der Waals surface area contributed by atoms with Crippen LogP contribution in [0.2, 0.25) is 0 Å². The Morgan fingerprint density at radius 1 is 1.45 bits per heavy atom. The fourth-order valence-corrected chi connectivity index (χ4v) is 1.16. The number of rotatable bonds is 0. The van der Waals surface area contributed by atoms with Gasteiger partial charge in [-0.1, -0.05) is 6.08 Å². The molecule has 2 heterocycles. The highest BCUT2D eigenvalue weighted by Gasteiger charge is 2.16. The maximum Gasteiger partial charge on any atom is 0.249 e. The minimum absolute atomic E-state index is 0.0174. The van der Waals surface area contributed by atoms with Crippen LogP contribution in [0.25, 0.3) is 0 Å². The van der Waals surface area contributed by atoms with Crippen LogP contribution in [0.15, 0.2) is 29.4 Å². The molecule has 2 aliphatic heterocycles. The smallest absolute Gasteiger partial charge is 0.249 e. The minimum atomic E-state index is -0.0174. The van der Waals surface area contributed by atoms with Crippen molar-refractivity contribution in [3.8, 4) is 0 Å². The van der Waals surface area contributed by atoms with Crippen molar-refractivity contribution in [3.63, 3.8) is 0 Å². The molecule has 1 amide bonds. The van der Waals surface area contributed by atoms with Gasteiger partial charge in [-0.25, -0.2) is 0 Å². The first kappa shape index (κ1) is 6.34. The molecule has 0 radical (unpaired) electrons. The molecule has 0 aromatic carbocycles. The van der Waals surface area contributed by atoms with E-state index in [9.17, 15) is 4.79 Å². The predicted molar refractivity (Wildman–Crippen MR) is 42.0 cm³/mol. The quantitative estimate of drug-likeness (QED) is 0.506. The van der Waals surface area contributed by atoms with Crippen LogP contribution in [-0.4, -0.2) is 23.2 Å². The van der Waals surface area contributed by atoms with Crippen LogP contribution in [0, 0.1) is 0 Å². The van der Waals surface area contributed by atoms with Crippen molar-refractivity contribution in [2.45, 2.75) is 6.42 Å². The third-order valence-electron chi connectivity index (χ3n) is 1.72. The van der Waals surface area contributed by atoms with Gasteiger partial charge in [-0.3, -0.25) is 4.79 Å². The Bertz CT molecular complexity index is 276. The molecule has 3 heteroatoms. The molecular weight excluding hydrogens is 140 g/mol. The van der Waals surface area contributed by atoms with E-state index in [-0.39, 0.29) is 5.91 Å². The van der Waals surface area contributed by atoms with Crippen molar-refractivity contribution in [2.24, 2.45) is 4.99 Å². The maximum atomic E-state index is 10.8. The van der Waals surface area contributed by atoms with Gasteiger partial charge in [0, 0.05) is 19.2 Å². The molecule has 0 atom stereocenters. The van der Waals surface area contributed by atoms with Gasteiger partial charge in [-0.15, -0.1) is 0 Å². The van der Waals surface area contributed by atoms with Crippen molar-refractivity contribution in [2.75, 3.05) is 6.54 Å². The number of aliphatic imine (C=N–C) groups is 1. The highest BCUT2D eigenvalue weighted by Crippen LogP contribution is 2.09. The molecule has 0 saturated carbocycles. The standard InChI is InChI=1S/C8H8N2O/c11-8-4-6-10-5-2-1-3-7(10)9-8/h1-3,5H,4,6H2. The summed E-state index contributed by atoms with van der Waals surface area (Å²) in [7, 11) is 0. The zero-order valence-electron chi connectivity index (χ0n) is 6.03. The van der Waals surface area contributed by atoms with Gasteiger partial charge in [0.1, 0.15) is 5.84 Å². The summed E-state index contributed by atoms with van der Waals surface area (Å²) in [5, 5.41) is 0. The fourth-order valence-electron chi connectivity index (χ4n) is 1.16. The Hall–Kier alpha value is -1.38. The first-order chi connectivity index (χ1) is 5.36. The van der Waals surface area contributed by atoms with E-state index in [0.717, 1.165) is 12.4 Å². The van der Waals surface area contributed by atoms with E-state index in [1.54, 1.807) is 0 Å². The Labute approximate surface area is 64.7 Å². The number of hydrogen-bond acceptors (Lipinski definition) is 2. The Balaban J connectivity index is 2.33. The number of fused-ring (bicyclic) bond motifs is 1. The second kappa shape index (κ2) is 2.34. The average molecular weight is 148 g/mol. The van der Waals surface area contributed by atoms with Gasteiger partial charge in [-0.2, -0.15) is 4.99 Å². The average Bonchev–Trinajstić information content (AvgIpc) is 2.04. The molecule has 0 spiro atoms. The minimum Gasteiger partial charge on any atom is -0.332 e. The van der Waals surface area contributed by atoms with Crippen LogP contribution in [0.3, 0.4) is 0 Å². The topological polar surface area (TPSA) is 32.7 Å². The summed E-state index contributed by atoms with van der Waals surface area (Å²) in [6.45, 7) is 0.762. The van der Waals surface area contributed by atoms with E-state index < -0.39 is 0 Å². The van der Waals surface area contributed by atoms with Crippen LogP contribution < -0.4 is 0 Å². The summed E-state index contributed by atoms with van der Waals surface area (Å²) in [5.41, 5.74) is 0. The SMILES string of the molecule is O=C1CCN2C=CC=CC2=N1. The van der Waals surface area contributed by atoms with E-state index in [0.29, 0.717) is 6.42 Å². The van der Waals surface area contributed by atoms with E-state index in [1.165, 1.54) is 0 Å². The number of amides is 1. The van der Waals surface area contributed by atoms with E-state index >= 15 is 0 Å². The summed E-state index contributed by atoms with van der Waals surface area (Å²) in [5.74, 6) is 0.750. The first-order valence-corrected chi connectivity index (χ1v) is 3.59. The normalized spacial score (nSPS) is 21.6. The second-order valence-electron chi connectivity index (χ2n) is 2.51. The van der Waals surface area contributed by atoms with Crippen molar-refractivity contribution >= 4 is 11.7 Å². The summed E-state index contributed by atoms with van der Waals surface area (Å²) in [4.78, 5) is 16.7. The lowest BCUT2D eigenvalue weighted by atomic mass is 10.2. The number of carbonyl (C=O) groups excluding carboxylic acids is 1. The molecule has 0 N–H and O–H groups in total. The van der Waals surface area contributed by atoms with Crippen molar-refractivity contribution in [1.82, 2.24) is 4.90 Å². The molecule has 0 saturated heterocycles. The monoisotopic (exact) mass is 148 g/mol. The number of nitrogens with zero attached hydrogens (tertiary/aromatic N) is 2. The lowest BCUT2D eigenvalue weighted by Crippen LogP contribution is -2.32. The molecule has 0 fully saturated rings. The van der Waals surface area contributed by atoms with Gasteiger partial charge in [0.25, 0.3) is 0 Å². The molecular formula is C8H8N2O. The van der Waals surface area contributed by atoms with Crippen molar-refractivity contribution < 1.29 is 4.79 Å². The van der Waals surface area contributed by atoms with Crippen LogP contribution >= 0.6 is 0 Å². The summed E-state index contributed by atoms with van der Waals surface area (Å²) < 4.78 is 0. The molecule has 11 heavy (non-hydrogen) atoms. The largest absolute Gasteiger partial charge is 0.332 e. The van der Waals surface area contributed by atoms with Gasteiger partial charge in [0.2, 0.25) is 5.91 Å². The highest BCUT2D eigenvalue weighted by atomic mass is 16.1. The van der Waals surface area contributed by atoms with Gasteiger partial charge in [0.15, 0.2) is 0 Å². The highest BCUT2D eigenvalue weighted by molar-refractivity contribution is 6.04. The number of amidine groups is 1. The van der Waals surface area contributed by atoms with Crippen LogP contribution in [0.1, 0.15) is 6.42 Å². The maximum absolute atomic E-state index is 10.8. The molecule has 2 rings (SSSR count). The third kappa shape index (κ3) is 1.09. The molecule has 0 aliphatic carbocycles. The summed E-state index contributed by atoms with van der Waals surface area (Å²) in [6, 6.07) is 0. The predicted octanol–water partition coefficient (Wildman–Crippen LogP) is 0.701. The van der Waals surface area contributed by atoms with Crippen LogP contribution in [0.4, 0.5) is 0 Å². The first-order valence-electron chi connectivity index (χ1n) is 3.59. The molecule has 2 aliphatic rings. The molecule has 0 aromatic heterocycles. The van der Waals surface area contributed by atoms with Gasteiger partial charge < -0.3 is 4.90 Å². The number of carbonyl (C=O) groups is 1. The van der Waals surface area contributed by atoms with Gasteiger partial charge in [-0.05, 0) is 12.2 Å². The third-order valence-corrected chi connectivity index (χ3v) is 1.72. The van der Waals surface area contributed by atoms with E-state index in [4.69, 9.17) is 0 Å². The summed E-state index contributed by atoms with van der Waals surface area (Å²) in [6.07, 6.45) is 8.13. The molecule has 0 bridgehead atoms. The summed E-state index contributed by atoms with van der Waals surface area (Å²) >= 11 is 0. The zero-order chi connectivity index (χ0) is 7.68. The fraction of sp³-hybridized carbons (Fsp3) is 0.250. The zero-order valence-corrected chi connectivity index (χ0v) is 6.03. The van der Waals surface area contributed by atoms with Crippen molar-refractivity contribution in [3.05, 3.63) is 24.4 Å². The Morgan fingerprint density at radius 3 is 3.27 bits per heavy atom. The lowest BCUT2D eigenvalue weighted by molar-refractivity contribution is -0.118.